The third-order valence-electron chi connectivity index (χ3n) is 4.31. The Morgan fingerprint density at radius 1 is 1.08 bits per heavy atom. The fraction of sp³-hybridized carbons (Fsp3) is 0.300. The second-order valence-corrected chi connectivity index (χ2v) is 6.14. The van der Waals surface area contributed by atoms with Crippen LogP contribution in [0.2, 0.25) is 0 Å². The monoisotopic (exact) mass is 354 g/mol. The van der Waals surface area contributed by atoms with Crippen molar-refractivity contribution in [2.24, 2.45) is 0 Å². The fourth-order valence-corrected chi connectivity index (χ4v) is 2.72. The van der Waals surface area contributed by atoms with E-state index in [0.29, 0.717) is 17.1 Å². The summed E-state index contributed by atoms with van der Waals surface area (Å²) < 4.78 is 10.5. The van der Waals surface area contributed by atoms with Gasteiger partial charge in [-0.1, -0.05) is 31.2 Å². The molecule has 6 nitrogen and oxygen atoms in total. The van der Waals surface area contributed by atoms with Gasteiger partial charge in [0, 0.05) is 5.56 Å². The van der Waals surface area contributed by atoms with Crippen molar-refractivity contribution in [1.82, 2.24) is 10.6 Å². The molecule has 2 aromatic rings. The van der Waals surface area contributed by atoms with E-state index in [9.17, 15) is 9.59 Å². The topological polar surface area (TPSA) is 76.7 Å². The summed E-state index contributed by atoms with van der Waals surface area (Å²) in [4.78, 5) is 24.3. The van der Waals surface area contributed by atoms with E-state index >= 15 is 0 Å². The Labute approximate surface area is 152 Å². The number of nitrogens with one attached hydrogen (secondary N) is 2. The van der Waals surface area contributed by atoms with Crippen molar-refractivity contribution in [3.63, 3.8) is 0 Å². The molecule has 2 amide bonds. The second-order valence-electron chi connectivity index (χ2n) is 6.14. The maximum Gasteiger partial charge on any atom is 0.251 e. The lowest BCUT2D eigenvalue weighted by Crippen LogP contribution is -2.38. The summed E-state index contributed by atoms with van der Waals surface area (Å²) in [7, 11) is 0. The molecule has 26 heavy (non-hydrogen) atoms. The van der Waals surface area contributed by atoms with Gasteiger partial charge >= 0.3 is 0 Å². The molecule has 0 saturated carbocycles. The molecule has 0 fully saturated rings. The molecule has 1 heterocycles. The van der Waals surface area contributed by atoms with Gasteiger partial charge in [-0.3, -0.25) is 9.59 Å². The number of aryl methyl sites for hydroxylation is 1. The molecule has 1 aliphatic heterocycles. The maximum absolute atomic E-state index is 12.2. The lowest BCUT2D eigenvalue weighted by atomic mass is 10.1. The van der Waals surface area contributed by atoms with E-state index in [0.717, 1.165) is 12.0 Å². The van der Waals surface area contributed by atoms with E-state index in [2.05, 4.69) is 29.7 Å². The number of carbonyl (C=O) groups is 2. The Hall–Kier alpha value is -3.02. The lowest BCUT2D eigenvalue weighted by molar-refractivity contribution is -0.120. The minimum absolute atomic E-state index is 0.0926. The van der Waals surface area contributed by atoms with Crippen LogP contribution in [-0.2, 0) is 11.2 Å². The quantitative estimate of drug-likeness (QED) is 0.836. The molecule has 136 valence electrons. The number of benzene rings is 2. The van der Waals surface area contributed by atoms with Crippen LogP contribution in [0.4, 0.5) is 0 Å². The van der Waals surface area contributed by atoms with Crippen LogP contribution in [-0.4, -0.2) is 25.2 Å². The molecule has 0 bridgehead atoms. The zero-order valence-electron chi connectivity index (χ0n) is 14.9. The first kappa shape index (κ1) is 17.8. The van der Waals surface area contributed by atoms with Crippen LogP contribution in [0.5, 0.6) is 11.5 Å². The van der Waals surface area contributed by atoms with E-state index < -0.39 is 0 Å². The molecule has 0 radical (unpaired) electrons. The summed E-state index contributed by atoms with van der Waals surface area (Å²) in [6, 6.07) is 12.9. The van der Waals surface area contributed by atoms with Crippen LogP contribution in [0.3, 0.4) is 0 Å². The third kappa shape index (κ3) is 4.14. The first-order valence-corrected chi connectivity index (χ1v) is 8.63. The van der Waals surface area contributed by atoms with E-state index in [-0.39, 0.29) is 31.2 Å². The highest BCUT2D eigenvalue weighted by molar-refractivity contribution is 5.97. The molecule has 0 spiro atoms. The number of carbonyl (C=O) groups excluding carboxylic acids is 2. The molecule has 1 aliphatic rings. The zero-order chi connectivity index (χ0) is 18.5. The Kier molecular flexibility index (Phi) is 5.41. The molecule has 2 aromatic carbocycles. The van der Waals surface area contributed by atoms with Crippen LogP contribution >= 0.6 is 0 Å². The first-order valence-electron chi connectivity index (χ1n) is 8.63. The third-order valence-corrected chi connectivity index (χ3v) is 4.31. The van der Waals surface area contributed by atoms with Crippen LogP contribution < -0.4 is 20.1 Å². The van der Waals surface area contributed by atoms with Gasteiger partial charge in [-0.25, -0.2) is 0 Å². The highest BCUT2D eigenvalue weighted by Gasteiger charge is 2.17. The predicted octanol–water partition coefficient (Wildman–Crippen LogP) is 2.58. The smallest absolute Gasteiger partial charge is 0.251 e. The summed E-state index contributed by atoms with van der Waals surface area (Å²) >= 11 is 0. The van der Waals surface area contributed by atoms with Crippen molar-refractivity contribution in [3.8, 4) is 11.5 Å². The minimum atomic E-state index is -0.335. The first-order chi connectivity index (χ1) is 12.6. The Morgan fingerprint density at radius 3 is 2.54 bits per heavy atom. The van der Waals surface area contributed by atoms with E-state index in [1.54, 1.807) is 18.2 Å². The van der Waals surface area contributed by atoms with Gasteiger partial charge < -0.3 is 20.1 Å². The number of rotatable bonds is 6. The van der Waals surface area contributed by atoms with E-state index in [1.807, 2.05) is 19.1 Å². The average molecular weight is 354 g/mol. The normalized spacial score (nSPS) is 13.2. The van der Waals surface area contributed by atoms with Crippen molar-refractivity contribution in [1.29, 1.82) is 0 Å². The maximum atomic E-state index is 12.2. The fourth-order valence-electron chi connectivity index (χ4n) is 2.72. The van der Waals surface area contributed by atoms with Gasteiger partial charge in [-0.2, -0.15) is 0 Å². The van der Waals surface area contributed by atoms with Crippen LogP contribution in [0, 0.1) is 0 Å². The van der Waals surface area contributed by atoms with Crippen molar-refractivity contribution in [2.45, 2.75) is 26.3 Å². The molecule has 0 aliphatic carbocycles. The van der Waals surface area contributed by atoms with Crippen LogP contribution in [0.25, 0.3) is 0 Å². The summed E-state index contributed by atoms with van der Waals surface area (Å²) in [6.07, 6.45) is 0.979. The van der Waals surface area contributed by atoms with Crippen molar-refractivity contribution in [3.05, 3.63) is 59.2 Å². The summed E-state index contributed by atoms with van der Waals surface area (Å²) in [5, 5.41) is 5.50. The van der Waals surface area contributed by atoms with Gasteiger partial charge in [0.2, 0.25) is 12.7 Å². The Morgan fingerprint density at radius 2 is 1.81 bits per heavy atom. The SMILES string of the molecule is CCc1ccc(C(C)NC(=O)CNC(=O)c2ccc3c(c2)OCO3)cc1. The summed E-state index contributed by atoms with van der Waals surface area (Å²) in [5.74, 6) is 0.568. The van der Waals surface area contributed by atoms with Crippen LogP contribution in [0.1, 0.15) is 41.4 Å². The molecule has 1 atom stereocenters. The molecule has 2 N–H and O–H groups in total. The van der Waals surface area contributed by atoms with Gasteiger partial charge in [0.25, 0.3) is 5.91 Å². The predicted molar refractivity (Wildman–Crippen MR) is 97.3 cm³/mol. The highest BCUT2D eigenvalue weighted by Crippen LogP contribution is 2.32. The number of amides is 2. The van der Waals surface area contributed by atoms with Gasteiger partial charge in [0.1, 0.15) is 0 Å². The zero-order valence-corrected chi connectivity index (χ0v) is 14.9. The van der Waals surface area contributed by atoms with E-state index in [4.69, 9.17) is 9.47 Å². The molecule has 1 unspecified atom stereocenters. The standard InChI is InChI=1S/C20H22N2O4/c1-3-14-4-6-15(7-5-14)13(2)22-19(23)11-21-20(24)16-8-9-17-18(10-16)26-12-25-17/h4-10,13H,3,11-12H2,1-2H3,(H,21,24)(H,22,23). The average Bonchev–Trinajstić information content (AvgIpc) is 3.13. The highest BCUT2D eigenvalue weighted by atomic mass is 16.7. The number of fused-ring (bicyclic) bond motifs is 1. The minimum Gasteiger partial charge on any atom is -0.454 e. The van der Waals surface area contributed by atoms with E-state index in [1.165, 1.54) is 5.56 Å². The molecule has 6 heteroatoms. The summed E-state index contributed by atoms with van der Waals surface area (Å²) in [6.45, 7) is 4.08. The van der Waals surface area contributed by atoms with Gasteiger partial charge in [-0.15, -0.1) is 0 Å². The second kappa shape index (κ2) is 7.91. The van der Waals surface area contributed by atoms with Gasteiger partial charge in [0.05, 0.1) is 12.6 Å². The van der Waals surface area contributed by atoms with Crippen molar-refractivity contribution >= 4 is 11.8 Å². The Bertz CT molecular complexity index is 802. The number of ether oxygens (including phenoxy) is 2. The van der Waals surface area contributed by atoms with Crippen molar-refractivity contribution < 1.29 is 19.1 Å². The van der Waals surface area contributed by atoms with Crippen LogP contribution in [0.15, 0.2) is 42.5 Å². The molecule has 3 rings (SSSR count). The molecule has 0 saturated heterocycles. The van der Waals surface area contributed by atoms with Gasteiger partial charge in [-0.05, 0) is 42.7 Å². The molecular formula is C20H22N2O4. The lowest BCUT2D eigenvalue weighted by Gasteiger charge is -2.15. The number of hydrogen-bond donors (Lipinski definition) is 2. The van der Waals surface area contributed by atoms with Crippen molar-refractivity contribution in [2.75, 3.05) is 13.3 Å². The molecular weight excluding hydrogens is 332 g/mol. The number of hydrogen-bond acceptors (Lipinski definition) is 4. The Balaban J connectivity index is 1.50. The molecule has 0 aromatic heterocycles. The summed E-state index contributed by atoms with van der Waals surface area (Å²) in [5.41, 5.74) is 2.70. The largest absolute Gasteiger partial charge is 0.454 e. The van der Waals surface area contributed by atoms with Gasteiger partial charge in [0.15, 0.2) is 11.5 Å².